The van der Waals surface area contributed by atoms with Gasteiger partial charge in [0.25, 0.3) is 5.89 Å². The number of thiophene rings is 1. The van der Waals surface area contributed by atoms with Gasteiger partial charge in [0.05, 0.1) is 27.9 Å². The molecule has 0 aromatic carbocycles. The molecule has 1 atom stereocenters. The van der Waals surface area contributed by atoms with Gasteiger partial charge in [0, 0.05) is 19.6 Å². The third kappa shape index (κ3) is 3.51. The molecule has 1 unspecified atom stereocenters. The largest absolute Gasteiger partial charge is 0.379 e. The van der Waals surface area contributed by atoms with E-state index in [0.717, 1.165) is 47.1 Å². The molecule has 1 aliphatic rings. The van der Waals surface area contributed by atoms with E-state index in [9.17, 15) is 0 Å². The first-order valence-corrected chi connectivity index (χ1v) is 8.40. The van der Waals surface area contributed by atoms with Gasteiger partial charge in [0.1, 0.15) is 0 Å². The van der Waals surface area contributed by atoms with Gasteiger partial charge in [-0.3, -0.25) is 4.90 Å². The number of aryl methyl sites for hydroxylation is 1. The summed E-state index contributed by atoms with van der Waals surface area (Å²) in [6.45, 7) is 6.06. The molecule has 0 amide bonds. The number of halogens is 1. The van der Waals surface area contributed by atoms with E-state index >= 15 is 0 Å². The maximum atomic E-state index is 6.18. The zero-order valence-corrected chi connectivity index (χ0v) is 14.1. The number of morpholine rings is 1. The van der Waals surface area contributed by atoms with Crippen molar-refractivity contribution in [2.45, 2.75) is 13.0 Å². The lowest BCUT2D eigenvalue weighted by atomic mass is 10.2. The van der Waals surface area contributed by atoms with Gasteiger partial charge in [-0.2, -0.15) is 4.98 Å². The Hall–Kier alpha value is -0.800. The Balaban J connectivity index is 1.68. The molecule has 3 heterocycles. The summed E-state index contributed by atoms with van der Waals surface area (Å²) in [7, 11) is 0. The van der Waals surface area contributed by atoms with Gasteiger partial charge in [-0.05, 0) is 34.5 Å². The summed E-state index contributed by atoms with van der Waals surface area (Å²) in [5, 5.41) is 4.02. The Morgan fingerprint density at radius 1 is 1.48 bits per heavy atom. The average molecular weight is 373 g/mol. The lowest BCUT2D eigenvalue weighted by Gasteiger charge is -2.27. The van der Waals surface area contributed by atoms with Crippen molar-refractivity contribution < 1.29 is 9.26 Å². The molecule has 0 bridgehead atoms. The summed E-state index contributed by atoms with van der Waals surface area (Å²) in [5.41, 5.74) is 7.34. The van der Waals surface area contributed by atoms with Gasteiger partial charge in [0.2, 0.25) is 0 Å². The molecule has 1 aliphatic heterocycles. The van der Waals surface area contributed by atoms with Crippen LogP contribution in [-0.2, 0) is 4.74 Å². The Bertz CT molecular complexity index is 590. The molecule has 0 radical (unpaired) electrons. The molecular formula is C13H17BrN4O2S. The summed E-state index contributed by atoms with van der Waals surface area (Å²) in [5.74, 6) is 1.08. The molecule has 0 spiro atoms. The van der Waals surface area contributed by atoms with Crippen molar-refractivity contribution in [2.24, 2.45) is 5.73 Å². The lowest BCUT2D eigenvalue weighted by molar-refractivity contribution is 0.0348. The number of hydrogen-bond acceptors (Lipinski definition) is 7. The first kappa shape index (κ1) is 15.1. The fraction of sp³-hybridized carbons (Fsp3) is 0.538. The third-order valence-electron chi connectivity index (χ3n) is 3.40. The predicted molar refractivity (Wildman–Crippen MR) is 84.2 cm³/mol. The predicted octanol–water partition coefficient (Wildman–Crippen LogP) is 2.20. The molecule has 2 N–H and O–H groups in total. The molecule has 1 fully saturated rings. The molecule has 2 aromatic rings. The summed E-state index contributed by atoms with van der Waals surface area (Å²) in [6, 6.07) is 1.78. The van der Waals surface area contributed by atoms with Gasteiger partial charge in [-0.15, -0.1) is 11.3 Å². The number of ether oxygens (including phenoxy) is 1. The minimum Gasteiger partial charge on any atom is -0.379 e. The highest BCUT2D eigenvalue weighted by Gasteiger charge is 2.20. The Labute approximate surface area is 135 Å². The van der Waals surface area contributed by atoms with E-state index in [1.54, 1.807) is 11.3 Å². The molecule has 0 saturated carbocycles. The standard InChI is InChI=1S/C13H17BrN4O2S/c1-8-6-10(21-11(8)14)13-16-12(17-20-13)9(15)7-18-2-4-19-5-3-18/h6,9H,2-5,7,15H2,1H3. The van der Waals surface area contributed by atoms with Gasteiger partial charge in [-0.1, -0.05) is 5.16 Å². The Morgan fingerprint density at radius 2 is 2.24 bits per heavy atom. The average Bonchev–Trinajstić information content (AvgIpc) is 3.08. The van der Waals surface area contributed by atoms with Crippen molar-refractivity contribution in [1.29, 1.82) is 0 Å². The minimum absolute atomic E-state index is 0.245. The monoisotopic (exact) mass is 372 g/mol. The smallest absolute Gasteiger partial charge is 0.268 e. The second-order valence-electron chi connectivity index (χ2n) is 5.04. The van der Waals surface area contributed by atoms with Crippen molar-refractivity contribution in [3.05, 3.63) is 21.2 Å². The maximum absolute atomic E-state index is 6.18. The van der Waals surface area contributed by atoms with E-state index in [4.69, 9.17) is 15.0 Å². The van der Waals surface area contributed by atoms with Crippen LogP contribution < -0.4 is 5.73 Å². The number of hydrogen-bond donors (Lipinski definition) is 1. The minimum atomic E-state index is -0.245. The van der Waals surface area contributed by atoms with Crippen molar-refractivity contribution >= 4 is 27.3 Å². The molecule has 114 valence electrons. The van der Waals surface area contributed by atoms with Crippen LogP contribution in [0, 0.1) is 6.92 Å². The fourth-order valence-electron chi connectivity index (χ4n) is 2.19. The zero-order chi connectivity index (χ0) is 14.8. The lowest BCUT2D eigenvalue weighted by Crippen LogP contribution is -2.40. The van der Waals surface area contributed by atoms with Gasteiger partial charge >= 0.3 is 0 Å². The fourth-order valence-corrected chi connectivity index (χ4v) is 3.65. The Kier molecular flexibility index (Phi) is 4.70. The highest BCUT2D eigenvalue weighted by molar-refractivity contribution is 9.11. The highest BCUT2D eigenvalue weighted by atomic mass is 79.9. The van der Waals surface area contributed by atoms with Crippen LogP contribution in [0.1, 0.15) is 17.4 Å². The molecule has 0 aliphatic carbocycles. The first-order chi connectivity index (χ1) is 10.1. The summed E-state index contributed by atoms with van der Waals surface area (Å²) < 4.78 is 11.7. The Morgan fingerprint density at radius 3 is 2.90 bits per heavy atom. The summed E-state index contributed by atoms with van der Waals surface area (Å²) in [6.07, 6.45) is 0. The second-order valence-corrected chi connectivity index (χ2v) is 7.41. The van der Waals surface area contributed by atoms with E-state index in [2.05, 4.69) is 31.0 Å². The van der Waals surface area contributed by atoms with Crippen LogP contribution in [-0.4, -0.2) is 47.9 Å². The van der Waals surface area contributed by atoms with Gasteiger partial charge in [0.15, 0.2) is 5.82 Å². The molecule has 6 nitrogen and oxygen atoms in total. The van der Waals surface area contributed by atoms with Crippen LogP contribution in [0.25, 0.3) is 10.8 Å². The number of nitrogens with two attached hydrogens (primary N) is 1. The van der Waals surface area contributed by atoms with E-state index < -0.39 is 0 Å². The van der Waals surface area contributed by atoms with Crippen LogP contribution in [0.4, 0.5) is 0 Å². The molecule has 21 heavy (non-hydrogen) atoms. The van der Waals surface area contributed by atoms with E-state index in [-0.39, 0.29) is 6.04 Å². The second kappa shape index (κ2) is 6.53. The van der Waals surface area contributed by atoms with Gasteiger partial charge < -0.3 is 15.0 Å². The maximum Gasteiger partial charge on any atom is 0.268 e. The SMILES string of the molecule is Cc1cc(-c2nc(C(N)CN3CCOCC3)no2)sc1Br. The normalized spacial score (nSPS) is 18.0. The van der Waals surface area contributed by atoms with E-state index in [0.29, 0.717) is 11.7 Å². The topological polar surface area (TPSA) is 77.4 Å². The van der Waals surface area contributed by atoms with E-state index in [1.807, 2.05) is 13.0 Å². The van der Waals surface area contributed by atoms with E-state index in [1.165, 1.54) is 0 Å². The number of aromatic nitrogens is 2. The molecule has 1 saturated heterocycles. The van der Waals surface area contributed by atoms with Crippen LogP contribution in [0.5, 0.6) is 0 Å². The zero-order valence-electron chi connectivity index (χ0n) is 11.7. The van der Waals surface area contributed by atoms with Gasteiger partial charge in [-0.25, -0.2) is 0 Å². The quantitative estimate of drug-likeness (QED) is 0.886. The molecule has 8 heteroatoms. The van der Waals surface area contributed by atoms with Crippen molar-refractivity contribution in [3.63, 3.8) is 0 Å². The van der Waals surface area contributed by atoms with Crippen LogP contribution in [0.2, 0.25) is 0 Å². The third-order valence-corrected chi connectivity index (χ3v) is 5.52. The van der Waals surface area contributed by atoms with Crippen LogP contribution >= 0.6 is 27.3 Å². The summed E-state index contributed by atoms with van der Waals surface area (Å²) in [4.78, 5) is 7.64. The first-order valence-electron chi connectivity index (χ1n) is 6.79. The summed E-state index contributed by atoms with van der Waals surface area (Å²) >= 11 is 5.08. The molecule has 2 aromatic heterocycles. The van der Waals surface area contributed by atoms with Crippen molar-refractivity contribution in [1.82, 2.24) is 15.0 Å². The van der Waals surface area contributed by atoms with Crippen molar-refractivity contribution in [3.8, 4) is 10.8 Å². The van der Waals surface area contributed by atoms with Crippen molar-refractivity contribution in [2.75, 3.05) is 32.8 Å². The highest BCUT2D eigenvalue weighted by Crippen LogP contribution is 2.34. The van der Waals surface area contributed by atoms with Crippen LogP contribution in [0.3, 0.4) is 0 Å². The molecule has 3 rings (SSSR count). The number of rotatable bonds is 4. The van der Waals surface area contributed by atoms with Crippen LogP contribution in [0.15, 0.2) is 14.4 Å². The molecular weight excluding hydrogens is 356 g/mol. The number of nitrogens with zero attached hydrogens (tertiary/aromatic N) is 3.